The minimum absolute atomic E-state index is 0.216. The number of fused-ring (bicyclic) bond motifs is 2. The lowest BCUT2D eigenvalue weighted by atomic mass is 9.82. The van der Waals surface area contributed by atoms with E-state index in [4.69, 9.17) is 0 Å². The first kappa shape index (κ1) is 10.3. The Hall–Kier alpha value is -1.83. The summed E-state index contributed by atoms with van der Waals surface area (Å²) in [7, 11) is 0. The van der Waals surface area contributed by atoms with Crippen molar-refractivity contribution in [1.82, 2.24) is 0 Å². The van der Waals surface area contributed by atoms with E-state index in [1.54, 1.807) is 0 Å². The first-order chi connectivity index (χ1) is 8.40. The summed E-state index contributed by atoms with van der Waals surface area (Å²) in [5, 5.41) is 12.9. The summed E-state index contributed by atoms with van der Waals surface area (Å²) in [6, 6.07) is 8.24. The van der Waals surface area contributed by atoms with Gasteiger partial charge in [0, 0.05) is 11.5 Å². The third-order valence-corrected chi connectivity index (χ3v) is 3.71. The molecular formula is C15H15NO. The molecule has 0 spiro atoms. The monoisotopic (exact) mass is 225 g/mol. The molecule has 0 saturated carbocycles. The molecule has 0 aromatic heterocycles. The number of allylic oxidation sites excluding steroid dienone is 4. The van der Waals surface area contributed by atoms with Crippen LogP contribution in [0.15, 0.2) is 53.7 Å². The van der Waals surface area contributed by atoms with Crippen molar-refractivity contribution < 1.29 is 5.21 Å². The number of nitrogens with zero attached hydrogens (tertiary/aromatic N) is 1. The lowest BCUT2D eigenvalue weighted by molar-refractivity contribution is 0.314. The first-order valence-corrected chi connectivity index (χ1v) is 6.05. The SMILES string of the molecule is O/N=C1/c2ccccc2CCC2C=CC=CC12. The molecule has 2 aliphatic carbocycles. The van der Waals surface area contributed by atoms with Crippen molar-refractivity contribution in [3.63, 3.8) is 0 Å². The second kappa shape index (κ2) is 4.21. The highest BCUT2D eigenvalue weighted by molar-refractivity contribution is 6.04. The van der Waals surface area contributed by atoms with Crippen LogP contribution in [0.4, 0.5) is 0 Å². The fourth-order valence-electron chi connectivity index (χ4n) is 2.83. The molecule has 0 saturated heterocycles. The van der Waals surface area contributed by atoms with Gasteiger partial charge in [-0.25, -0.2) is 0 Å². The smallest absolute Gasteiger partial charge is 0.0944 e. The van der Waals surface area contributed by atoms with E-state index in [2.05, 4.69) is 41.6 Å². The van der Waals surface area contributed by atoms with Crippen LogP contribution in [0.3, 0.4) is 0 Å². The van der Waals surface area contributed by atoms with E-state index in [1.807, 2.05) is 12.1 Å². The van der Waals surface area contributed by atoms with Crippen LogP contribution in [0.1, 0.15) is 17.5 Å². The van der Waals surface area contributed by atoms with E-state index in [9.17, 15) is 5.21 Å². The molecule has 2 atom stereocenters. The maximum Gasteiger partial charge on any atom is 0.0944 e. The number of oxime groups is 1. The summed E-state index contributed by atoms with van der Waals surface area (Å²) in [5.41, 5.74) is 3.20. The van der Waals surface area contributed by atoms with E-state index < -0.39 is 0 Å². The summed E-state index contributed by atoms with van der Waals surface area (Å²) >= 11 is 0. The summed E-state index contributed by atoms with van der Waals surface area (Å²) in [6.07, 6.45) is 10.7. The molecule has 86 valence electrons. The van der Waals surface area contributed by atoms with Gasteiger partial charge >= 0.3 is 0 Å². The average molecular weight is 225 g/mol. The zero-order valence-electron chi connectivity index (χ0n) is 9.58. The summed E-state index contributed by atoms with van der Waals surface area (Å²) < 4.78 is 0. The van der Waals surface area contributed by atoms with Gasteiger partial charge in [-0.15, -0.1) is 0 Å². The minimum Gasteiger partial charge on any atom is -0.411 e. The highest BCUT2D eigenvalue weighted by Crippen LogP contribution is 2.33. The Morgan fingerprint density at radius 1 is 1.12 bits per heavy atom. The van der Waals surface area contributed by atoms with Crippen molar-refractivity contribution in [2.24, 2.45) is 17.0 Å². The Morgan fingerprint density at radius 2 is 1.94 bits per heavy atom. The maximum absolute atomic E-state index is 9.33. The fraction of sp³-hybridized carbons (Fsp3) is 0.267. The Bertz CT molecular complexity index is 513. The standard InChI is InChI=1S/C15H15NO/c17-16-15-13-7-3-1-5-11(13)9-10-12-6-2-4-8-14(12)15/h1-8,11,13,17H,9-10H2/b16-15+. The van der Waals surface area contributed by atoms with Crippen LogP contribution in [0.5, 0.6) is 0 Å². The highest BCUT2D eigenvalue weighted by atomic mass is 16.4. The molecule has 0 heterocycles. The van der Waals surface area contributed by atoms with E-state index in [0.717, 1.165) is 24.1 Å². The van der Waals surface area contributed by atoms with Gasteiger partial charge in [0.15, 0.2) is 0 Å². The lowest BCUT2D eigenvalue weighted by Gasteiger charge is -2.21. The quantitative estimate of drug-likeness (QED) is 0.534. The highest BCUT2D eigenvalue weighted by Gasteiger charge is 2.29. The van der Waals surface area contributed by atoms with E-state index in [0.29, 0.717) is 5.92 Å². The predicted octanol–water partition coefficient (Wildman–Crippen LogP) is 3.17. The molecule has 0 amide bonds. The molecule has 3 rings (SSSR count). The van der Waals surface area contributed by atoms with Crippen LogP contribution in [-0.2, 0) is 6.42 Å². The van der Waals surface area contributed by atoms with Crippen LogP contribution < -0.4 is 0 Å². The van der Waals surface area contributed by atoms with Crippen molar-refractivity contribution in [3.8, 4) is 0 Å². The molecule has 0 aliphatic heterocycles. The van der Waals surface area contributed by atoms with Crippen LogP contribution in [0, 0.1) is 11.8 Å². The predicted molar refractivity (Wildman–Crippen MR) is 68.3 cm³/mol. The van der Waals surface area contributed by atoms with E-state index >= 15 is 0 Å². The van der Waals surface area contributed by atoms with Crippen molar-refractivity contribution >= 4 is 5.71 Å². The van der Waals surface area contributed by atoms with Gasteiger partial charge in [0.25, 0.3) is 0 Å². The molecule has 1 N–H and O–H groups in total. The minimum atomic E-state index is 0.216. The number of aryl methyl sites for hydroxylation is 1. The average Bonchev–Trinajstić information content (AvgIpc) is 2.55. The molecule has 0 fully saturated rings. The molecule has 2 nitrogen and oxygen atoms in total. The molecule has 2 unspecified atom stereocenters. The van der Waals surface area contributed by atoms with Gasteiger partial charge < -0.3 is 5.21 Å². The Balaban J connectivity index is 2.12. The summed E-state index contributed by atoms with van der Waals surface area (Å²) in [4.78, 5) is 0. The van der Waals surface area contributed by atoms with Crippen LogP contribution in [0.25, 0.3) is 0 Å². The second-order valence-corrected chi connectivity index (χ2v) is 4.64. The van der Waals surface area contributed by atoms with Crippen LogP contribution in [-0.4, -0.2) is 10.9 Å². The summed E-state index contributed by atoms with van der Waals surface area (Å²) in [5.74, 6) is 0.673. The van der Waals surface area contributed by atoms with Crippen LogP contribution in [0.2, 0.25) is 0 Å². The van der Waals surface area contributed by atoms with Crippen molar-refractivity contribution in [2.75, 3.05) is 0 Å². The maximum atomic E-state index is 9.33. The number of benzene rings is 1. The Kier molecular flexibility index (Phi) is 2.56. The molecular weight excluding hydrogens is 210 g/mol. The lowest BCUT2D eigenvalue weighted by Crippen LogP contribution is -2.21. The molecule has 2 aliphatic rings. The van der Waals surface area contributed by atoms with Gasteiger partial charge in [0.1, 0.15) is 0 Å². The van der Waals surface area contributed by atoms with Crippen LogP contribution >= 0.6 is 0 Å². The van der Waals surface area contributed by atoms with Gasteiger partial charge in [-0.3, -0.25) is 0 Å². The third kappa shape index (κ3) is 1.70. The topological polar surface area (TPSA) is 32.6 Å². The first-order valence-electron chi connectivity index (χ1n) is 6.05. The largest absolute Gasteiger partial charge is 0.411 e. The zero-order chi connectivity index (χ0) is 11.7. The molecule has 2 heteroatoms. The van der Waals surface area contributed by atoms with Crippen molar-refractivity contribution in [2.45, 2.75) is 12.8 Å². The normalized spacial score (nSPS) is 28.6. The number of hydrogen-bond acceptors (Lipinski definition) is 2. The zero-order valence-corrected chi connectivity index (χ0v) is 9.58. The third-order valence-electron chi connectivity index (χ3n) is 3.71. The van der Waals surface area contributed by atoms with Gasteiger partial charge in [-0.2, -0.15) is 0 Å². The Labute approximate surface area is 101 Å². The molecule has 1 aromatic carbocycles. The molecule has 0 radical (unpaired) electrons. The van der Waals surface area contributed by atoms with E-state index in [1.165, 1.54) is 5.56 Å². The van der Waals surface area contributed by atoms with Gasteiger partial charge in [0.2, 0.25) is 0 Å². The fourth-order valence-corrected chi connectivity index (χ4v) is 2.83. The van der Waals surface area contributed by atoms with E-state index in [-0.39, 0.29) is 5.92 Å². The number of rotatable bonds is 0. The second-order valence-electron chi connectivity index (χ2n) is 4.64. The summed E-state index contributed by atoms with van der Waals surface area (Å²) in [6.45, 7) is 0. The van der Waals surface area contributed by atoms with Gasteiger partial charge in [0.05, 0.1) is 5.71 Å². The van der Waals surface area contributed by atoms with Crippen molar-refractivity contribution in [1.29, 1.82) is 0 Å². The van der Waals surface area contributed by atoms with Gasteiger partial charge in [-0.05, 0) is 24.3 Å². The number of hydrogen-bond donors (Lipinski definition) is 1. The molecule has 1 aromatic rings. The molecule has 0 bridgehead atoms. The van der Waals surface area contributed by atoms with Crippen molar-refractivity contribution in [3.05, 3.63) is 59.7 Å². The molecule has 17 heavy (non-hydrogen) atoms. The van der Waals surface area contributed by atoms with Gasteiger partial charge in [-0.1, -0.05) is 53.7 Å². The Morgan fingerprint density at radius 3 is 2.82 bits per heavy atom.